The summed E-state index contributed by atoms with van der Waals surface area (Å²) in [5.41, 5.74) is -2.52. The number of aromatic nitrogens is 2. The summed E-state index contributed by atoms with van der Waals surface area (Å²) in [6.45, 7) is -0.928. The minimum atomic E-state index is -4.42. The van der Waals surface area contributed by atoms with Crippen molar-refractivity contribution in [2.75, 3.05) is 12.0 Å². The SMILES string of the molecule is Cn1cc(S(=O)(=O)NC2(CF)CCC2)c(F)c1C(=O)Nc1ccnc(C(F)F)c1. The van der Waals surface area contributed by atoms with Crippen molar-refractivity contribution in [2.24, 2.45) is 7.05 Å². The number of nitrogens with one attached hydrogen (secondary N) is 2. The third-order valence-electron chi connectivity index (χ3n) is 4.77. The van der Waals surface area contributed by atoms with E-state index in [1.165, 1.54) is 13.1 Å². The van der Waals surface area contributed by atoms with Crippen molar-refractivity contribution in [3.63, 3.8) is 0 Å². The second-order valence-electron chi connectivity index (χ2n) is 6.86. The molecule has 2 aromatic heterocycles. The van der Waals surface area contributed by atoms with E-state index in [2.05, 4.69) is 15.0 Å². The average Bonchev–Trinajstić information content (AvgIpc) is 2.93. The Bertz CT molecular complexity index is 1030. The van der Waals surface area contributed by atoms with Gasteiger partial charge in [0.1, 0.15) is 23.0 Å². The van der Waals surface area contributed by atoms with Gasteiger partial charge in [-0.3, -0.25) is 9.78 Å². The van der Waals surface area contributed by atoms with E-state index in [9.17, 15) is 30.8 Å². The number of carbonyl (C=O) groups is 1. The third kappa shape index (κ3) is 4.13. The molecular formula is C17H18F4N4O3S. The highest BCUT2D eigenvalue weighted by atomic mass is 32.2. The van der Waals surface area contributed by atoms with E-state index < -0.39 is 56.7 Å². The molecule has 2 N–H and O–H groups in total. The molecule has 1 amide bonds. The van der Waals surface area contributed by atoms with Crippen LogP contribution in [0.15, 0.2) is 29.4 Å². The van der Waals surface area contributed by atoms with Crippen LogP contribution in [0.2, 0.25) is 0 Å². The quantitative estimate of drug-likeness (QED) is 0.656. The van der Waals surface area contributed by atoms with Gasteiger partial charge in [-0.1, -0.05) is 0 Å². The van der Waals surface area contributed by atoms with Crippen LogP contribution in [0.3, 0.4) is 0 Å². The largest absolute Gasteiger partial charge is 0.343 e. The van der Waals surface area contributed by atoms with Gasteiger partial charge in [0, 0.05) is 25.1 Å². The Morgan fingerprint density at radius 3 is 2.62 bits per heavy atom. The van der Waals surface area contributed by atoms with E-state index in [0.717, 1.165) is 23.0 Å². The van der Waals surface area contributed by atoms with E-state index in [1.807, 2.05) is 0 Å². The van der Waals surface area contributed by atoms with Crippen molar-refractivity contribution >= 4 is 21.6 Å². The molecule has 1 fully saturated rings. The Balaban J connectivity index is 1.87. The number of hydrogen-bond donors (Lipinski definition) is 2. The normalized spacial score (nSPS) is 15.9. The molecule has 2 heterocycles. The van der Waals surface area contributed by atoms with Crippen molar-refractivity contribution < 1.29 is 30.8 Å². The van der Waals surface area contributed by atoms with Gasteiger partial charge in [0.2, 0.25) is 10.0 Å². The lowest BCUT2D eigenvalue weighted by atomic mass is 9.79. The summed E-state index contributed by atoms with van der Waals surface area (Å²) in [6.07, 6.45) is 0.305. The first-order valence-electron chi connectivity index (χ1n) is 8.59. The molecule has 0 bridgehead atoms. The molecule has 2 aromatic rings. The molecular weight excluding hydrogens is 416 g/mol. The molecule has 12 heteroatoms. The van der Waals surface area contributed by atoms with Crippen molar-refractivity contribution in [3.8, 4) is 0 Å². The number of pyridine rings is 1. The van der Waals surface area contributed by atoms with Crippen LogP contribution in [0.4, 0.5) is 23.2 Å². The highest BCUT2D eigenvalue weighted by Gasteiger charge is 2.42. The zero-order valence-electron chi connectivity index (χ0n) is 15.3. The first-order valence-corrected chi connectivity index (χ1v) is 10.1. The van der Waals surface area contributed by atoms with Crippen molar-refractivity contribution in [3.05, 3.63) is 41.7 Å². The third-order valence-corrected chi connectivity index (χ3v) is 6.34. The fourth-order valence-electron chi connectivity index (χ4n) is 3.06. The fourth-order valence-corrected chi connectivity index (χ4v) is 4.63. The lowest BCUT2D eigenvalue weighted by molar-refractivity contribution is 0.101. The summed E-state index contributed by atoms with van der Waals surface area (Å²) in [5.74, 6) is -2.37. The Kier molecular flexibility index (Phi) is 5.68. The molecule has 158 valence electrons. The van der Waals surface area contributed by atoms with Crippen LogP contribution in [0.5, 0.6) is 0 Å². The maximum Gasteiger partial charge on any atom is 0.280 e. The Labute approximate surface area is 164 Å². The number of aryl methyl sites for hydroxylation is 1. The number of halogens is 4. The molecule has 0 aromatic carbocycles. The summed E-state index contributed by atoms with van der Waals surface area (Å²) in [6, 6.07) is 2.15. The van der Waals surface area contributed by atoms with Gasteiger partial charge in [0.25, 0.3) is 12.3 Å². The number of hydrogen-bond acceptors (Lipinski definition) is 4. The minimum Gasteiger partial charge on any atom is -0.343 e. The molecule has 0 unspecified atom stereocenters. The second-order valence-corrected chi connectivity index (χ2v) is 8.51. The van der Waals surface area contributed by atoms with E-state index in [-0.39, 0.29) is 5.69 Å². The molecule has 0 saturated heterocycles. The molecule has 0 radical (unpaired) electrons. The first-order chi connectivity index (χ1) is 13.6. The first kappa shape index (κ1) is 21.2. The van der Waals surface area contributed by atoms with Gasteiger partial charge in [-0.15, -0.1) is 0 Å². The number of carbonyl (C=O) groups excluding carboxylic acids is 1. The number of amides is 1. The predicted octanol–water partition coefficient (Wildman–Crippen LogP) is 2.92. The molecule has 3 rings (SSSR count). The smallest absolute Gasteiger partial charge is 0.280 e. The summed E-state index contributed by atoms with van der Waals surface area (Å²) in [4.78, 5) is 15.1. The van der Waals surface area contributed by atoms with Gasteiger partial charge in [0.15, 0.2) is 5.82 Å². The van der Waals surface area contributed by atoms with Crippen molar-refractivity contribution in [2.45, 2.75) is 36.1 Å². The molecule has 0 atom stereocenters. The zero-order chi connectivity index (χ0) is 21.4. The molecule has 1 saturated carbocycles. The fraction of sp³-hybridized carbons (Fsp3) is 0.412. The Morgan fingerprint density at radius 2 is 2.07 bits per heavy atom. The molecule has 1 aliphatic rings. The van der Waals surface area contributed by atoms with E-state index >= 15 is 0 Å². The number of anilines is 1. The lowest BCUT2D eigenvalue weighted by Crippen LogP contribution is -2.55. The van der Waals surface area contributed by atoms with Crippen LogP contribution in [0, 0.1) is 5.82 Å². The lowest BCUT2D eigenvalue weighted by Gasteiger charge is -2.39. The van der Waals surface area contributed by atoms with Crippen LogP contribution in [0.25, 0.3) is 0 Å². The van der Waals surface area contributed by atoms with Crippen LogP contribution >= 0.6 is 0 Å². The topological polar surface area (TPSA) is 93.1 Å². The average molecular weight is 434 g/mol. The van der Waals surface area contributed by atoms with Crippen LogP contribution < -0.4 is 10.0 Å². The van der Waals surface area contributed by atoms with Crippen LogP contribution in [-0.2, 0) is 17.1 Å². The maximum atomic E-state index is 14.8. The molecule has 0 spiro atoms. The van der Waals surface area contributed by atoms with Gasteiger partial charge < -0.3 is 9.88 Å². The number of rotatable bonds is 7. The summed E-state index contributed by atoms with van der Waals surface area (Å²) >= 11 is 0. The van der Waals surface area contributed by atoms with Gasteiger partial charge in [-0.25, -0.2) is 30.7 Å². The van der Waals surface area contributed by atoms with Gasteiger partial charge in [-0.2, -0.15) is 0 Å². The minimum absolute atomic E-state index is 0.0608. The van der Waals surface area contributed by atoms with Gasteiger partial charge in [0.05, 0.1) is 5.54 Å². The standard InChI is InChI=1S/C17H18F4N4O3S/c1-25-8-12(29(27,28)24-17(9-18)4-2-5-17)13(19)14(25)16(26)23-10-3-6-22-11(7-10)15(20)21/h3,6-8,15,24H,2,4-5,9H2,1H3,(H,22,23,26). The molecule has 1 aliphatic carbocycles. The van der Waals surface area contributed by atoms with E-state index in [4.69, 9.17) is 0 Å². The Morgan fingerprint density at radius 1 is 1.38 bits per heavy atom. The highest BCUT2D eigenvalue weighted by molar-refractivity contribution is 7.89. The van der Waals surface area contributed by atoms with E-state index in [0.29, 0.717) is 19.3 Å². The second kappa shape index (κ2) is 7.75. The number of nitrogens with zero attached hydrogens (tertiary/aromatic N) is 2. The number of alkyl halides is 3. The summed E-state index contributed by atoms with van der Waals surface area (Å²) in [7, 11) is -3.17. The van der Waals surface area contributed by atoms with Gasteiger partial charge >= 0.3 is 0 Å². The van der Waals surface area contributed by atoms with Crippen molar-refractivity contribution in [1.82, 2.24) is 14.3 Å². The zero-order valence-corrected chi connectivity index (χ0v) is 16.1. The molecule has 29 heavy (non-hydrogen) atoms. The predicted molar refractivity (Wildman–Crippen MR) is 95.4 cm³/mol. The molecule has 0 aliphatic heterocycles. The van der Waals surface area contributed by atoms with Gasteiger partial charge in [-0.05, 0) is 31.4 Å². The van der Waals surface area contributed by atoms with E-state index in [1.54, 1.807) is 0 Å². The van der Waals surface area contributed by atoms with Crippen LogP contribution in [0.1, 0.15) is 41.9 Å². The summed E-state index contributed by atoms with van der Waals surface area (Å²) in [5, 5.41) is 2.23. The van der Waals surface area contributed by atoms with Crippen molar-refractivity contribution in [1.29, 1.82) is 0 Å². The van der Waals surface area contributed by atoms with Crippen LogP contribution in [-0.4, -0.2) is 36.1 Å². The Hall–Kier alpha value is -2.47. The summed E-state index contributed by atoms with van der Waals surface area (Å²) < 4.78 is 81.7. The monoisotopic (exact) mass is 434 g/mol. The molecule has 7 nitrogen and oxygen atoms in total. The maximum absolute atomic E-state index is 14.8. The number of sulfonamides is 1. The highest BCUT2D eigenvalue weighted by Crippen LogP contribution is 2.34.